The third-order valence-corrected chi connectivity index (χ3v) is 4.42. The topological polar surface area (TPSA) is 97.1 Å². The summed E-state index contributed by atoms with van der Waals surface area (Å²) in [6.45, 7) is 0. The zero-order chi connectivity index (χ0) is 24.3. The van der Waals surface area contributed by atoms with Gasteiger partial charge in [0.2, 0.25) is 6.36 Å². The molecule has 1 amide bonds. The summed E-state index contributed by atoms with van der Waals surface area (Å²) in [6, 6.07) is 4.64. The second-order valence-electron chi connectivity index (χ2n) is 6.65. The highest BCUT2D eigenvalue weighted by Crippen LogP contribution is 2.30. The highest BCUT2D eigenvalue weighted by molar-refractivity contribution is 5.95. The summed E-state index contributed by atoms with van der Waals surface area (Å²) in [5.74, 6) is -1.45. The van der Waals surface area contributed by atoms with Gasteiger partial charge in [-0.1, -0.05) is 12.1 Å². The molecule has 0 radical (unpaired) electrons. The smallest absolute Gasteiger partial charge is 0.362 e. The SMILES string of the molecule is O=C(N[C@H](C(O)F)C(F)F)c1cc(-c2ccc(C(F)(F)F)cc2)nn(-c2cccnc2)c1=O. The van der Waals surface area contributed by atoms with Crippen molar-refractivity contribution in [3.8, 4) is 16.9 Å². The Morgan fingerprint density at radius 1 is 1.09 bits per heavy atom. The Bertz CT molecular complexity index is 1170. The fraction of sp³-hybridized carbons (Fsp3) is 0.200. The number of hydrogen-bond donors (Lipinski definition) is 2. The molecule has 2 heterocycles. The Labute approximate surface area is 181 Å². The van der Waals surface area contributed by atoms with Crippen molar-refractivity contribution in [3.05, 3.63) is 76.3 Å². The molecule has 0 bridgehead atoms. The first kappa shape index (κ1) is 23.9. The minimum Gasteiger partial charge on any atom is -0.362 e. The molecular formula is C20H14F6N4O3. The molecule has 3 rings (SSSR count). The van der Waals surface area contributed by atoms with Crippen molar-refractivity contribution in [2.45, 2.75) is 25.0 Å². The van der Waals surface area contributed by atoms with Crippen LogP contribution < -0.4 is 10.9 Å². The van der Waals surface area contributed by atoms with E-state index in [0.29, 0.717) is 4.68 Å². The Hall–Kier alpha value is -3.74. The molecule has 2 atom stereocenters. The van der Waals surface area contributed by atoms with Crippen LogP contribution in [0, 0.1) is 0 Å². The molecule has 0 aliphatic carbocycles. The van der Waals surface area contributed by atoms with E-state index in [1.807, 2.05) is 0 Å². The minimum atomic E-state index is -4.61. The van der Waals surface area contributed by atoms with Crippen molar-refractivity contribution >= 4 is 5.91 Å². The fourth-order valence-electron chi connectivity index (χ4n) is 2.76. The summed E-state index contributed by atoms with van der Waals surface area (Å²) in [7, 11) is 0. The van der Waals surface area contributed by atoms with E-state index in [1.165, 1.54) is 29.8 Å². The monoisotopic (exact) mass is 472 g/mol. The predicted octanol–water partition coefficient (Wildman–Crippen LogP) is 2.96. The van der Waals surface area contributed by atoms with Crippen molar-refractivity contribution in [3.63, 3.8) is 0 Å². The number of rotatable bonds is 6. The van der Waals surface area contributed by atoms with Crippen molar-refractivity contribution in [2.75, 3.05) is 0 Å². The molecule has 0 aliphatic rings. The van der Waals surface area contributed by atoms with Crippen LogP contribution >= 0.6 is 0 Å². The number of aliphatic hydroxyl groups is 1. The van der Waals surface area contributed by atoms with E-state index >= 15 is 0 Å². The lowest BCUT2D eigenvalue weighted by Gasteiger charge is -2.18. The van der Waals surface area contributed by atoms with Gasteiger partial charge in [0.05, 0.1) is 23.1 Å². The maximum atomic E-state index is 13.1. The number of pyridine rings is 1. The number of carbonyl (C=O) groups is 1. The molecule has 3 aromatic rings. The molecule has 0 saturated heterocycles. The lowest BCUT2D eigenvalue weighted by molar-refractivity contribution is -0.137. The number of carbonyl (C=O) groups excluding carboxylic acids is 1. The van der Waals surface area contributed by atoms with Crippen molar-refractivity contribution in [1.82, 2.24) is 20.1 Å². The van der Waals surface area contributed by atoms with Gasteiger partial charge in [-0.15, -0.1) is 0 Å². The molecule has 1 unspecified atom stereocenters. The molecular weight excluding hydrogens is 458 g/mol. The maximum absolute atomic E-state index is 13.1. The number of benzene rings is 1. The first-order valence-electron chi connectivity index (χ1n) is 9.12. The van der Waals surface area contributed by atoms with Crippen LogP contribution in [0.2, 0.25) is 0 Å². The average molecular weight is 472 g/mol. The van der Waals surface area contributed by atoms with Gasteiger partial charge < -0.3 is 10.4 Å². The highest BCUT2D eigenvalue weighted by atomic mass is 19.4. The van der Waals surface area contributed by atoms with Gasteiger partial charge in [-0.05, 0) is 30.3 Å². The predicted molar refractivity (Wildman–Crippen MR) is 102 cm³/mol. The van der Waals surface area contributed by atoms with Gasteiger partial charge in [0, 0.05) is 11.8 Å². The van der Waals surface area contributed by atoms with E-state index in [0.717, 1.165) is 30.3 Å². The first-order valence-corrected chi connectivity index (χ1v) is 9.12. The van der Waals surface area contributed by atoms with E-state index in [-0.39, 0.29) is 16.9 Å². The average Bonchev–Trinajstić information content (AvgIpc) is 2.77. The van der Waals surface area contributed by atoms with Crippen LogP contribution in [0.25, 0.3) is 16.9 Å². The molecule has 7 nitrogen and oxygen atoms in total. The molecule has 2 N–H and O–H groups in total. The quantitative estimate of drug-likeness (QED) is 0.538. The van der Waals surface area contributed by atoms with E-state index in [4.69, 9.17) is 5.11 Å². The normalized spacial score (nSPS) is 13.6. The molecule has 33 heavy (non-hydrogen) atoms. The van der Waals surface area contributed by atoms with Gasteiger partial charge in [0.15, 0.2) is 0 Å². The lowest BCUT2D eigenvalue weighted by Crippen LogP contribution is -2.48. The first-order chi connectivity index (χ1) is 15.5. The highest BCUT2D eigenvalue weighted by Gasteiger charge is 2.32. The third-order valence-electron chi connectivity index (χ3n) is 4.42. The zero-order valence-corrected chi connectivity index (χ0v) is 16.3. The van der Waals surface area contributed by atoms with Crippen LogP contribution in [0.3, 0.4) is 0 Å². The second kappa shape index (κ2) is 9.40. The van der Waals surface area contributed by atoms with Crippen LogP contribution in [0.4, 0.5) is 26.3 Å². The van der Waals surface area contributed by atoms with Crippen LogP contribution in [-0.2, 0) is 6.18 Å². The van der Waals surface area contributed by atoms with E-state index in [1.54, 1.807) is 0 Å². The molecule has 0 aliphatic heterocycles. The summed E-state index contributed by atoms with van der Waals surface area (Å²) in [4.78, 5) is 29.1. The second-order valence-corrected chi connectivity index (χ2v) is 6.65. The van der Waals surface area contributed by atoms with Crippen molar-refractivity contribution < 1.29 is 36.2 Å². The van der Waals surface area contributed by atoms with Crippen LogP contribution in [0.5, 0.6) is 0 Å². The molecule has 174 valence electrons. The summed E-state index contributed by atoms with van der Waals surface area (Å²) in [5.41, 5.74) is -2.87. The molecule has 1 aromatic carbocycles. The number of nitrogens with one attached hydrogen (secondary N) is 1. The van der Waals surface area contributed by atoms with Gasteiger partial charge in [-0.25, -0.2) is 13.2 Å². The zero-order valence-electron chi connectivity index (χ0n) is 16.3. The Morgan fingerprint density at radius 3 is 2.27 bits per heavy atom. The number of halogens is 6. The Balaban J connectivity index is 2.13. The van der Waals surface area contributed by atoms with Gasteiger partial charge in [0.1, 0.15) is 11.6 Å². The summed E-state index contributed by atoms with van der Waals surface area (Å²) >= 11 is 0. The summed E-state index contributed by atoms with van der Waals surface area (Å²) < 4.78 is 78.2. The van der Waals surface area contributed by atoms with E-state index < -0.39 is 47.6 Å². The Kier molecular flexibility index (Phi) is 6.81. The van der Waals surface area contributed by atoms with Crippen LogP contribution in [0.1, 0.15) is 15.9 Å². The largest absolute Gasteiger partial charge is 0.416 e. The van der Waals surface area contributed by atoms with Crippen molar-refractivity contribution in [1.29, 1.82) is 0 Å². The van der Waals surface area contributed by atoms with Crippen LogP contribution in [-0.4, -0.2) is 44.6 Å². The number of amides is 1. The van der Waals surface area contributed by atoms with Crippen LogP contribution in [0.15, 0.2) is 59.7 Å². The number of hydrogen-bond acceptors (Lipinski definition) is 5. The maximum Gasteiger partial charge on any atom is 0.416 e. The standard InChI is InChI=1S/C20H14F6N4O3/c21-16(22)15(17(23)31)28-18(32)13-8-14(10-3-5-11(6-4-10)20(24,25)26)29-30(19(13)33)12-2-1-7-27-9-12/h1-9,15-17,31H,(H,28,32)/t15-,17?/m0/s1. The summed E-state index contributed by atoms with van der Waals surface area (Å²) in [6.07, 6.45) is -8.66. The fourth-order valence-corrected chi connectivity index (χ4v) is 2.76. The van der Waals surface area contributed by atoms with Gasteiger partial charge >= 0.3 is 6.18 Å². The lowest BCUT2D eigenvalue weighted by atomic mass is 10.1. The summed E-state index contributed by atoms with van der Waals surface area (Å²) in [5, 5.41) is 14.4. The molecule has 0 fully saturated rings. The molecule has 2 aromatic heterocycles. The van der Waals surface area contributed by atoms with Gasteiger partial charge in [0.25, 0.3) is 17.9 Å². The number of alkyl halides is 6. The van der Waals surface area contributed by atoms with E-state index in [2.05, 4.69) is 10.1 Å². The third kappa shape index (κ3) is 5.37. The molecule has 0 spiro atoms. The molecule has 13 heteroatoms. The van der Waals surface area contributed by atoms with Gasteiger partial charge in [-0.3, -0.25) is 14.6 Å². The number of aliphatic hydroxyl groups excluding tert-OH is 1. The number of nitrogens with zero attached hydrogens (tertiary/aromatic N) is 3. The van der Waals surface area contributed by atoms with E-state index in [9.17, 15) is 35.9 Å². The molecule has 0 saturated carbocycles. The minimum absolute atomic E-state index is 0.0567. The van der Waals surface area contributed by atoms with Gasteiger partial charge in [-0.2, -0.15) is 23.0 Å². The van der Waals surface area contributed by atoms with Crippen molar-refractivity contribution in [2.24, 2.45) is 0 Å². The number of aromatic nitrogens is 3. The Morgan fingerprint density at radius 2 is 1.76 bits per heavy atom.